The molecule has 0 aromatic heterocycles. The SMILES string of the molecule is CCOC(=O)C1c2ccccc2C(C2c3ccccc3Cc3ccccc32)c2ccccc21. The van der Waals surface area contributed by atoms with Crippen LogP contribution in [0.4, 0.5) is 0 Å². The fourth-order valence-corrected chi connectivity index (χ4v) is 6.02. The summed E-state index contributed by atoms with van der Waals surface area (Å²) in [5.41, 5.74) is 10.2. The summed E-state index contributed by atoms with van der Waals surface area (Å²) in [4.78, 5) is 13.2. The summed E-state index contributed by atoms with van der Waals surface area (Å²) in [5.74, 6) is -0.231. The van der Waals surface area contributed by atoms with Gasteiger partial charge in [0.2, 0.25) is 0 Å². The first-order valence-corrected chi connectivity index (χ1v) is 11.8. The molecule has 0 saturated carbocycles. The molecule has 33 heavy (non-hydrogen) atoms. The van der Waals surface area contributed by atoms with Crippen LogP contribution in [0.15, 0.2) is 97.1 Å². The summed E-state index contributed by atoms with van der Waals surface area (Å²) >= 11 is 0. The van der Waals surface area contributed by atoms with Crippen LogP contribution in [0.2, 0.25) is 0 Å². The molecule has 2 aliphatic rings. The van der Waals surface area contributed by atoms with Gasteiger partial charge in [0.25, 0.3) is 0 Å². The van der Waals surface area contributed by atoms with E-state index in [4.69, 9.17) is 4.74 Å². The van der Waals surface area contributed by atoms with E-state index in [2.05, 4.69) is 84.9 Å². The molecular formula is C31H26O2. The monoisotopic (exact) mass is 430 g/mol. The maximum absolute atomic E-state index is 13.2. The van der Waals surface area contributed by atoms with Crippen molar-refractivity contribution in [3.05, 3.63) is 142 Å². The molecule has 0 aliphatic heterocycles. The normalized spacial score (nSPS) is 18.5. The zero-order valence-corrected chi connectivity index (χ0v) is 18.7. The van der Waals surface area contributed by atoms with Crippen molar-refractivity contribution in [1.82, 2.24) is 0 Å². The van der Waals surface area contributed by atoms with Crippen molar-refractivity contribution in [2.24, 2.45) is 0 Å². The van der Waals surface area contributed by atoms with Crippen LogP contribution in [0.25, 0.3) is 0 Å². The summed E-state index contributed by atoms with van der Waals surface area (Å²) in [6.07, 6.45) is 0.963. The van der Waals surface area contributed by atoms with E-state index in [-0.39, 0.29) is 23.7 Å². The Kier molecular flexibility index (Phi) is 4.87. The number of benzene rings is 4. The lowest BCUT2D eigenvalue weighted by atomic mass is 9.62. The largest absolute Gasteiger partial charge is 0.465 e. The average molecular weight is 431 g/mol. The first-order chi connectivity index (χ1) is 16.3. The van der Waals surface area contributed by atoms with Crippen molar-refractivity contribution in [3.8, 4) is 0 Å². The second kappa shape index (κ2) is 8.04. The van der Waals surface area contributed by atoms with Gasteiger partial charge in [-0.05, 0) is 57.9 Å². The quantitative estimate of drug-likeness (QED) is 0.344. The lowest BCUT2D eigenvalue weighted by Crippen LogP contribution is -2.30. The Morgan fingerprint density at radius 2 is 1.03 bits per heavy atom. The Morgan fingerprint density at radius 1 is 0.636 bits per heavy atom. The predicted octanol–water partition coefficient (Wildman–Crippen LogP) is 6.56. The van der Waals surface area contributed by atoms with Gasteiger partial charge in [0.1, 0.15) is 5.92 Å². The molecule has 0 radical (unpaired) electrons. The Labute approximate surface area is 194 Å². The Morgan fingerprint density at radius 3 is 1.52 bits per heavy atom. The summed E-state index contributed by atoms with van der Waals surface area (Å²) in [5, 5.41) is 0. The van der Waals surface area contributed by atoms with Gasteiger partial charge in [-0.2, -0.15) is 0 Å². The molecule has 2 aliphatic carbocycles. The van der Waals surface area contributed by atoms with Gasteiger partial charge in [0, 0.05) is 11.8 Å². The third-order valence-corrected chi connectivity index (χ3v) is 7.30. The number of ether oxygens (including phenoxy) is 1. The van der Waals surface area contributed by atoms with Gasteiger partial charge in [-0.1, -0.05) is 97.1 Å². The minimum absolute atomic E-state index is 0.130. The molecule has 0 bridgehead atoms. The Bertz CT molecular complexity index is 1260. The van der Waals surface area contributed by atoms with E-state index in [0.717, 1.165) is 17.5 Å². The van der Waals surface area contributed by atoms with Crippen LogP contribution < -0.4 is 0 Å². The second-order valence-corrected chi connectivity index (χ2v) is 8.97. The van der Waals surface area contributed by atoms with Crippen molar-refractivity contribution in [2.45, 2.75) is 31.1 Å². The number of esters is 1. The molecule has 0 saturated heterocycles. The number of carbonyl (C=O) groups excluding carboxylic acids is 1. The molecule has 6 rings (SSSR count). The first-order valence-electron chi connectivity index (χ1n) is 11.8. The van der Waals surface area contributed by atoms with Gasteiger partial charge >= 0.3 is 5.97 Å². The summed E-state index contributed by atoms with van der Waals surface area (Å²) in [7, 11) is 0. The van der Waals surface area contributed by atoms with Crippen molar-refractivity contribution < 1.29 is 9.53 Å². The molecule has 0 spiro atoms. The number of fused-ring (bicyclic) bond motifs is 4. The van der Waals surface area contributed by atoms with Gasteiger partial charge in [-0.3, -0.25) is 4.79 Å². The maximum atomic E-state index is 13.2. The van der Waals surface area contributed by atoms with Gasteiger partial charge in [0.05, 0.1) is 6.61 Å². The molecular weight excluding hydrogens is 404 g/mol. The minimum Gasteiger partial charge on any atom is -0.465 e. The summed E-state index contributed by atoms with van der Waals surface area (Å²) in [6, 6.07) is 34.6. The minimum atomic E-state index is -0.386. The van der Waals surface area contributed by atoms with Crippen LogP contribution in [-0.2, 0) is 16.0 Å². The zero-order chi connectivity index (χ0) is 22.4. The molecule has 4 aromatic carbocycles. The highest BCUT2D eigenvalue weighted by molar-refractivity contribution is 5.85. The van der Waals surface area contributed by atoms with Crippen LogP contribution in [0, 0.1) is 0 Å². The summed E-state index contributed by atoms with van der Waals surface area (Å²) in [6.45, 7) is 2.25. The molecule has 0 fully saturated rings. The van der Waals surface area contributed by atoms with Gasteiger partial charge < -0.3 is 4.74 Å². The van der Waals surface area contributed by atoms with E-state index in [9.17, 15) is 4.79 Å². The standard InChI is InChI=1S/C31H26O2/c1-2-33-31(32)30-26-17-9-7-15-24(26)29(25-16-8-10-18-27(25)30)28-22-13-5-3-11-20(22)19-21-12-4-6-14-23(21)28/h3-18,28-30H,2,19H2,1H3. The van der Waals surface area contributed by atoms with Crippen LogP contribution in [0.3, 0.4) is 0 Å². The molecule has 0 amide bonds. The highest BCUT2D eigenvalue weighted by Gasteiger charge is 2.42. The molecule has 2 heteroatoms. The lowest BCUT2D eigenvalue weighted by molar-refractivity contribution is -0.143. The van der Waals surface area contributed by atoms with E-state index >= 15 is 0 Å². The number of rotatable bonds is 3. The van der Waals surface area contributed by atoms with Crippen molar-refractivity contribution in [2.75, 3.05) is 6.61 Å². The zero-order valence-electron chi connectivity index (χ0n) is 18.7. The highest BCUT2D eigenvalue weighted by Crippen LogP contribution is 2.53. The number of carbonyl (C=O) groups is 1. The molecule has 2 nitrogen and oxygen atoms in total. The van der Waals surface area contributed by atoms with E-state index in [1.165, 1.54) is 33.4 Å². The molecule has 0 N–H and O–H groups in total. The van der Waals surface area contributed by atoms with E-state index in [1.54, 1.807) is 0 Å². The first kappa shape index (κ1) is 20.0. The van der Waals surface area contributed by atoms with Gasteiger partial charge in [-0.25, -0.2) is 0 Å². The third kappa shape index (κ3) is 3.13. The van der Waals surface area contributed by atoms with Gasteiger partial charge in [0.15, 0.2) is 0 Å². The number of hydrogen-bond acceptors (Lipinski definition) is 2. The van der Waals surface area contributed by atoms with Crippen molar-refractivity contribution in [1.29, 1.82) is 0 Å². The second-order valence-electron chi connectivity index (χ2n) is 8.97. The Hall–Kier alpha value is -3.65. The van der Waals surface area contributed by atoms with Crippen LogP contribution >= 0.6 is 0 Å². The molecule has 0 heterocycles. The summed E-state index contributed by atoms with van der Waals surface area (Å²) < 4.78 is 5.55. The van der Waals surface area contributed by atoms with Gasteiger partial charge in [-0.15, -0.1) is 0 Å². The highest BCUT2D eigenvalue weighted by atomic mass is 16.5. The van der Waals surface area contributed by atoms with Crippen LogP contribution in [0.1, 0.15) is 69.2 Å². The topological polar surface area (TPSA) is 26.3 Å². The molecule has 0 atom stereocenters. The number of hydrogen-bond donors (Lipinski definition) is 0. The Balaban J connectivity index is 1.63. The van der Waals surface area contributed by atoms with Crippen molar-refractivity contribution >= 4 is 5.97 Å². The van der Waals surface area contributed by atoms with Crippen LogP contribution in [0.5, 0.6) is 0 Å². The molecule has 0 unspecified atom stereocenters. The molecule has 4 aromatic rings. The van der Waals surface area contributed by atoms with E-state index < -0.39 is 0 Å². The average Bonchev–Trinajstić information content (AvgIpc) is 2.86. The smallest absolute Gasteiger partial charge is 0.317 e. The fraction of sp³-hybridized carbons (Fsp3) is 0.194. The van der Waals surface area contributed by atoms with Crippen molar-refractivity contribution in [3.63, 3.8) is 0 Å². The lowest BCUT2D eigenvalue weighted by Gasteiger charge is -2.40. The van der Waals surface area contributed by atoms with E-state index in [0.29, 0.717) is 6.61 Å². The maximum Gasteiger partial charge on any atom is 0.317 e. The fourth-order valence-electron chi connectivity index (χ4n) is 6.02. The van der Waals surface area contributed by atoms with E-state index in [1.807, 2.05) is 19.1 Å². The van der Waals surface area contributed by atoms with Crippen LogP contribution in [-0.4, -0.2) is 12.6 Å². The third-order valence-electron chi connectivity index (χ3n) is 7.30. The molecule has 162 valence electrons. The predicted molar refractivity (Wildman–Crippen MR) is 131 cm³/mol.